The Morgan fingerprint density at radius 3 is 2.95 bits per heavy atom. The van der Waals surface area contributed by atoms with Crippen molar-refractivity contribution >= 4 is 17.3 Å². The summed E-state index contributed by atoms with van der Waals surface area (Å²) in [4.78, 5) is 23.4. The average molecular weight is 280 g/mol. The molecule has 0 saturated carbocycles. The fourth-order valence-corrected chi connectivity index (χ4v) is 2.30. The minimum absolute atomic E-state index is 0.00524. The summed E-state index contributed by atoms with van der Waals surface area (Å²) in [6.07, 6.45) is 0.787. The first kappa shape index (κ1) is 14.3. The summed E-state index contributed by atoms with van der Waals surface area (Å²) in [6, 6.07) is 3.94. The highest BCUT2D eigenvalue weighted by Gasteiger charge is 2.22. The molecule has 0 spiro atoms. The highest BCUT2D eigenvalue weighted by molar-refractivity contribution is 5.95. The normalized spacial score (nSPS) is 19.4. The number of nitrogens with zero attached hydrogens (tertiary/aromatic N) is 2. The predicted octanol–water partition coefficient (Wildman–Crippen LogP) is 1.91. The van der Waals surface area contributed by atoms with E-state index in [2.05, 4.69) is 0 Å². The lowest BCUT2D eigenvalue weighted by Crippen LogP contribution is -2.31. The molecule has 1 N–H and O–H groups in total. The molecule has 0 aromatic heterocycles. The second-order valence-electron chi connectivity index (χ2n) is 4.74. The van der Waals surface area contributed by atoms with Gasteiger partial charge in [-0.2, -0.15) is 0 Å². The zero-order chi connectivity index (χ0) is 14.7. The number of aromatic carboxylic acids is 1. The summed E-state index contributed by atoms with van der Waals surface area (Å²) in [5.41, 5.74) is 0.235. The van der Waals surface area contributed by atoms with Gasteiger partial charge in [-0.1, -0.05) is 0 Å². The summed E-state index contributed by atoms with van der Waals surface area (Å²) in [6.45, 7) is 3.79. The number of carbonyl (C=O) groups is 1. The zero-order valence-electron chi connectivity index (χ0n) is 11.1. The van der Waals surface area contributed by atoms with Gasteiger partial charge in [0.2, 0.25) is 0 Å². The maximum absolute atomic E-state index is 11.3. The molecule has 1 aliphatic rings. The van der Waals surface area contributed by atoms with Gasteiger partial charge in [-0.3, -0.25) is 10.1 Å². The topological polar surface area (TPSA) is 92.9 Å². The molecule has 1 heterocycles. The number of nitro benzene ring substituents is 1. The third-order valence-electron chi connectivity index (χ3n) is 3.21. The molecular weight excluding hydrogens is 264 g/mol. The fourth-order valence-electron chi connectivity index (χ4n) is 2.30. The highest BCUT2D eigenvalue weighted by atomic mass is 16.6. The maximum Gasteiger partial charge on any atom is 0.338 e. The molecule has 0 amide bonds. The quantitative estimate of drug-likeness (QED) is 0.671. The van der Waals surface area contributed by atoms with Crippen molar-refractivity contribution in [1.82, 2.24) is 0 Å². The van der Waals surface area contributed by atoms with Crippen LogP contribution in [-0.2, 0) is 4.74 Å². The van der Waals surface area contributed by atoms with E-state index in [1.54, 1.807) is 0 Å². The number of carboxylic acids is 1. The summed E-state index contributed by atoms with van der Waals surface area (Å²) >= 11 is 0. The van der Waals surface area contributed by atoms with Crippen LogP contribution in [0.1, 0.15) is 23.7 Å². The number of anilines is 1. The SMILES string of the molecule is CC1CN(c2ccc([N+](=O)[O-])cc2C(=O)O)CCCO1. The van der Waals surface area contributed by atoms with E-state index >= 15 is 0 Å². The number of rotatable bonds is 3. The van der Waals surface area contributed by atoms with Crippen LogP contribution in [0.25, 0.3) is 0 Å². The van der Waals surface area contributed by atoms with Gasteiger partial charge in [0.25, 0.3) is 5.69 Å². The summed E-state index contributed by atoms with van der Waals surface area (Å²) < 4.78 is 5.52. The second-order valence-corrected chi connectivity index (χ2v) is 4.74. The van der Waals surface area contributed by atoms with Crippen LogP contribution < -0.4 is 4.90 Å². The summed E-state index contributed by atoms with van der Waals surface area (Å²) in [5.74, 6) is -1.17. The smallest absolute Gasteiger partial charge is 0.338 e. The molecule has 108 valence electrons. The zero-order valence-corrected chi connectivity index (χ0v) is 11.1. The molecular formula is C13H16N2O5. The van der Waals surface area contributed by atoms with Crippen LogP contribution >= 0.6 is 0 Å². The highest BCUT2D eigenvalue weighted by Crippen LogP contribution is 2.27. The number of hydrogen-bond donors (Lipinski definition) is 1. The molecule has 1 aromatic carbocycles. The first-order chi connectivity index (χ1) is 9.49. The molecule has 0 aliphatic carbocycles. The van der Waals surface area contributed by atoms with E-state index in [1.807, 2.05) is 11.8 Å². The lowest BCUT2D eigenvalue weighted by atomic mass is 10.1. The third kappa shape index (κ3) is 3.05. The van der Waals surface area contributed by atoms with E-state index in [0.29, 0.717) is 25.4 Å². The Morgan fingerprint density at radius 2 is 2.30 bits per heavy atom. The molecule has 7 heteroatoms. The van der Waals surface area contributed by atoms with E-state index in [1.165, 1.54) is 12.1 Å². The van der Waals surface area contributed by atoms with Crippen LogP contribution in [0.3, 0.4) is 0 Å². The molecule has 0 bridgehead atoms. The Balaban J connectivity index is 2.39. The van der Waals surface area contributed by atoms with Crippen LogP contribution in [-0.4, -0.2) is 41.8 Å². The third-order valence-corrected chi connectivity index (χ3v) is 3.21. The first-order valence-corrected chi connectivity index (χ1v) is 6.37. The summed E-state index contributed by atoms with van der Waals surface area (Å²) in [7, 11) is 0. The second kappa shape index (κ2) is 5.87. The van der Waals surface area contributed by atoms with E-state index in [-0.39, 0.29) is 17.4 Å². The van der Waals surface area contributed by atoms with Crippen molar-refractivity contribution in [3.05, 3.63) is 33.9 Å². The standard InChI is InChI=1S/C13H16N2O5/c1-9-8-14(5-2-6-20-9)12-4-3-10(15(18)19)7-11(12)13(16)17/h3-4,7,9H,2,5-6,8H2,1H3,(H,16,17). The Kier molecular flexibility index (Phi) is 4.19. The van der Waals surface area contributed by atoms with Crippen molar-refractivity contribution in [3.63, 3.8) is 0 Å². The van der Waals surface area contributed by atoms with Gasteiger partial charge in [-0.05, 0) is 19.4 Å². The van der Waals surface area contributed by atoms with Crippen molar-refractivity contribution in [2.45, 2.75) is 19.4 Å². The van der Waals surface area contributed by atoms with Gasteiger partial charge in [0.15, 0.2) is 0 Å². The van der Waals surface area contributed by atoms with E-state index < -0.39 is 10.9 Å². The monoisotopic (exact) mass is 280 g/mol. The molecule has 1 unspecified atom stereocenters. The van der Waals surface area contributed by atoms with Crippen LogP contribution in [0.5, 0.6) is 0 Å². The number of hydrogen-bond acceptors (Lipinski definition) is 5. The molecule has 1 atom stereocenters. The lowest BCUT2D eigenvalue weighted by molar-refractivity contribution is -0.384. The maximum atomic E-state index is 11.3. The molecule has 2 rings (SSSR count). The van der Waals surface area contributed by atoms with E-state index in [9.17, 15) is 20.0 Å². The summed E-state index contributed by atoms with van der Waals surface area (Å²) in [5, 5.41) is 20.0. The van der Waals surface area contributed by atoms with Gasteiger partial charge in [-0.15, -0.1) is 0 Å². The number of ether oxygens (including phenoxy) is 1. The van der Waals surface area contributed by atoms with Crippen LogP contribution in [0.2, 0.25) is 0 Å². The van der Waals surface area contributed by atoms with E-state index in [4.69, 9.17) is 4.74 Å². The molecule has 1 aromatic rings. The molecule has 1 fully saturated rings. The first-order valence-electron chi connectivity index (χ1n) is 6.37. The molecule has 1 saturated heterocycles. The largest absolute Gasteiger partial charge is 0.478 e. The van der Waals surface area contributed by atoms with Crippen LogP contribution in [0.15, 0.2) is 18.2 Å². The minimum atomic E-state index is -1.17. The van der Waals surface area contributed by atoms with Gasteiger partial charge >= 0.3 is 5.97 Å². The lowest BCUT2D eigenvalue weighted by Gasteiger charge is -2.25. The van der Waals surface area contributed by atoms with E-state index in [0.717, 1.165) is 12.5 Å². The Labute approximate surface area is 115 Å². The average Bonchev–Trinajstić information content (AvgIpc) is 2.62. The molecule has 0 radical (unpaired) electrons. The van der Waals surface area contributed by atoms with Crippen molar-refractivity contribution in [2.24, 2.45) is 0 Å². The Morgan fingerprint density at radius 1 is 1.55 bits per heavy atom. The van der Waals surface area contributed by atoms with Crippen LogP contribution in [0, 0.1) is 10.1 Å². The predicted molar refractivity (Wildman–Crippen MR) is 72.3 cm³/mol. The molecule has 20 heavy (non-hydrogen) atoms. The van der Waals surface area contributed by atoms with Crippen LogP contribution in [0.4, 0.5) is 11.4 Å². The van der Waals surface area contributed by atoms with Gasteiger partial charge in [0.1, 0.15) is 0 Å². The van der Waals surface area contributed by atoms with Crippen molar-refractivity contribution in [3.8, 4) is 0 Å². The van der Waals surface area contributed by atoms with Crippen molar-refractivity contribution in [1.29, 1.82) is 0 Å². The molecule has 1 aliphatic heterocycles. The number of non-ortho nitro benzene ring substituents is 1. The van der Waals surface area contributed by atoms with Gasteiger partial charge in [0, 0.05) is 31.8 Å². The number of nitro groups is 1. The number of carboxylic acid groups (broad SMARTS) is 1. The van der Waals surface area contributed by atoms with Gasteiger partial charge in [-0.25, -0.2) is 4.79 Å². The fraction of sp³-hybridized carbons (Fsp3) is 0.462. The van der Waals surface area contributed by atoms with Gasteiger partial charge < -0.3 is 14.7 Å². The Bertz CT molecular complexity index is 531. The van der Waals surface area contributed by atoms with Crippen molar-refractivity contribution < 1.29 is 19.6 Å². The van der Waals surface area contributed by atoms with Crippen molar-refractivity contribution in [2.75, 3.05) is 24.6 Å². The van der Waals surface area contributed by atoms with Gasteiger partial charge in [0.05, 0.1) is 22.3 Å². The number of benzene rings is 1. The Hall–Kier alpha value is -2.15. The minimum Gasteiger partial charge on any atom is -0.478 e. The molecule has 7 nitrogen and oxygen atoms in total.